The SMILES string of the molecule is CC(C)N1CCC(N(C)C(=O)Cn2c(-c3ccccc3)cc3ccccc32)CC1. The number of carbonyl (C=O) groups excluding carboxylic acids is 1. The number of likely N-dealkylation sites (N-methyl/N-ethyl adjacent to an activating group) is 1. The number of rotatable bonds is 5. The topological polar surface area (TPSA) is 28.5 Å². The molecule has 0 bridgehead atoms. The van der Waals surface area contributed by atoms with Gasteiger partial charge in [-0.25, -0.2) is 0 Å². The summed E-state index contributed by atoms with van der Waals surface area (Å²) < 4.78 is 2.17. The van der Waals surface area contributed by atoms with Crippen LogP contribution in [0.5, 0.6) is 0 Å². The molecule has 1 saturated heterocycles. The average molecular weight is 390 g/mol. The van der Waals surface area contributed by atoms with Gasteiger partial charge in [-0.3, -0.25) is 4.79 Å². The lowest BCUT2D eigenvalue weighted by Gasteiger charge is -2.38. The van der Waals surface area contributed by atoms with Crippen LogP contribution >= 0.6 is 0 Å². The summed E-state index contributed by atoms with van der Waals surface area (Å²) in [4.78, 5) is 17.7. The Morgan fingerprint density at radius 1 is 1.03 bits per heavy atom. The van der Waals surface area contributed by atoms with Crippen LogP contribution in [0.1, 0.15) is 26.7 Å². The molecule has 1 aliphatic heterocycles. The Morgan fingerprint density at radius 3 is 2.38 bits per heavy atom. The van der Waals surface area contributed by atoms with E-state index in [9.17, 15) is 4.79 Å². The fourth-order valence-electron chi connectivity index (χ4n) is 4.47. The van der Waals surface area contributed by atoms with E-state index in [4.69, 9.17) is 0 Å². The Labute approximate surface area is 173 Å². The van der Waals surface area contributed by atoms with Gasteiger partial charge in [0.1, 0.15) is 6.54 Å². The Morgan fingerprint density at radius 2 is 1.69 bits per heavy atom. The van der Waals surface area contributed by atoms with Gasteiger partial charge < -0.3 is 14.4 Å². The molecule has 1 amide bonds. The molecule has 0 atom stereocenters. The molecule has 1 aliphatic rings. The van der Waals surface area contributed by atoms with Crippen LogP contribution in [-0.4, -0.2) is 52.5 Å². The molecule has 3 aromatic rings. The van der Waals surface area contributed by atoms with E-state index >= 15 is 0 Å². The largest absolute Gasteiger partial charge is 0.341 e. The number of aromatic nitrogens is 1. The van der Waals surface area contributed by atoms with E-state index in [1.54, 1.807) is 0 Å². The second-order valence-electron chi connectivity index (χ2n) is 8.41. The number of hydrogen-bond acceptors (Lipinski definition) is 2. The van der Waals surface area contributed by atoms with Gasteiger partial charge in [0.15, 0.2) is 0 Å². The highest BCUT2D eigenvalue weighted by Gasteiger charge is 2.27. The molecule has 0 spiro atoms. The zero-order valence-corrected chi connectivity index (χ0v) is 17.7. The molecule has 0 saturated carbocycles. The molecule has 0 radical (unpaired) electrons. The van der Waals surface area contributed by atoms with Gasteiger partial charge in [-0.2, -0.15) is 0 Å². The van der Waals surface area contributed by atoms with E-state index < -0.39 is 0 Å². The van der Waals surface area contributed by atoms with Crippen LogP contribution in [0.15, 0.2) is 60.7 Å². The first-order valence-electron chi connectivity index (χ1n) is 10.7. The summed E-state index contributed by atoms with van der Waals surface area (Å²) in [6.07, 6.45) is 2.11. The number of para-hydroxylation sites is 1. The number of piperidine rings is 1. The Kier molecular flexibility index (Phi) is 5.72. The highest BCUT2D eigenvalue weighted by Crippen LogP contribution is 2.28. The third-order valence-electron chi connectivity index (χ3n) is 6.34. The molecule has 0 N–H and O–H groups in total. The monoisotopic (exact) mass is 389 g/mol. The van der Waals surface area contributed by atoms with E-state index in [1.807, 2.05) is 36.2 Å². The summed E-state index contributed by atoms with van der Waals surface area (Å²) in [5, 5.41) is 1.17. The summed E-state index contributed by atoms with van der Waals surface area (Å²) in [5.41, 5.74) is 3.36. The lowest BCUT2D eigenvalue weighted by molar-refractivity contribution is -0.133. The second kappa shape index (κ2) is 8.42. The molecule has 0 aliphatic carbocycles. The van der Waals surface area contributed by atoms with Crippen molar-refractivity contribution in [2.75, 3.05) is 20.1 Å². The zero-order chi connectivity index (χ0) is 20.4. The third kappa shape index (κ3) is 4.08. The standard InChI is InChI=1S/C25H31N3O/c1-19(2)27-15-13-22(14-16-27)26(3)25(29)18-28-23-12-8-7-11-21(23)17-24(28)20-9-5-4-6-10-20/h4-12,17,19,22H,13-16,18H2,1-3H3. The molecule has 4 heteroatoms. The highest BCUT2D eigenvalue weighted by molar-refractivity contribution is 5.89. The van der Waals surface area contributed by atoms with Gasteiger partial charge in [-0.15, -0.1) is 0 Å². The molecule has 4 nitrogen and oxygen atoms in total. The van der Waals surface area contributed by atoms with Gasteiger partial charge in [0.25, 0.3) is 0 Å². The molecule has 4 rings (SSSR count). The molecule has 2 heterocycles. The lowest BCUT2D eigenvalue weighted by atomic mass is 10.0. The van der Waals surface area contributed by atoms with Crippen molar-refractivity contribution in [1.29, 1.82) is 0 Å². The quantitative estimate of drug-likeness (QED) is 0.636. The highest BCUT2D eigenvalue weighted by atomic mass is 16.2. The van der Waals surface area contributed by atoms with Gasteiger partial charge in [0, 0.05) is 48.8 Å². The lowest BCUT2D eigenvalue weighted by Crippen LogP contribution is -2.48. The maximum absolute atomic E-state index is 13.2. The number of amides is 1. The maximum Gasteiger partial charge on any atom is 0.242 e. The van der Waals surface area contributed by atoms with Crippen LogP contribution < -0.4 is 0 Å². The van der Waals surface area contributed by atoms with Crippen molar-refractivity contribution in [3.05, 3.63) is 60.7 Å². The van der Waals surface area contributed by atoms with Crippen molar-refractivity contribution < 1.29 is 4.79 Å². The number of likely N-dealkylation sites (tertiary alicyclic amines) is 1. The van der Waals surface area contributed by atoms with E-state index in [0.717, 1.165) is 42.7 Å². The number of nitrogens with zero attached hydrogens (tertiary/aromatic N) is 3. The molecule has 1 fully saturated rings. The van der Waals surface area contributed by atoms with Gasteiger partial charge in [-0.1, -0.05) is 48.5 Å². The van der Waals surface area contributed by atoms with Crippen molar-refractivity contribution in [2.24, 2.45) is 0 Å². The van der Waals surface area contributed by atoms with Gasteiger partial charge in [0.2, 0.25) is 5.91 Å². The predicted molar refractivity (Wildman–Crippen MR) is 120 cm³/mol. The third-order valence-corrected chi connectivity index (χ3v) is 6.34. The normalized spacial score (nSPS) is 15.9. The summed E-state index contributed by atoms with van der Waals surface area (Å²) in [7, 11) is 1.98. The molecule has 0 unspecified atom stereocenters. The number of hydrogen-bond donors (Lipinski definition) is 0. The van der Waals surface area contributed by atoms with Crippen LogP contribution in [-0.2, 0) is 11.3 Å². The molecule has 29 heavy (non-hydrogen) atoms. The first kappa shape index (κ1) is 19.7. The molecular formula is C25H31N3O. The van der Waals surface area contributed by atoms with Gasteiger partial charge in [-0.05, 0) is 44.4 Å². The second-order valence-corrected chi connectivity index (χ2v) is 8.41. The van der Waals surface area contributed by atoms with Crippen molar-refractivity contribution >= 4 is 16.8 Å². The number of fused-ring (bicyclic) bond motifs is 1. The first-order valence-corrected chi connectivity index (χ1v) is 10.7. The fourth-order valence-corrected chi connectivity index (χ4v) is 4.47. The molecule has 152 valence electrons. The zero-order valence-electron chi connectivity index (χ0n) is 17.7. The Hall–Kier alpha value is -2.59. The maximum atomic E-state index is 13.2. The summed E-state index contributed by atoms with van der Waals surface area (Å²) >= 11 is 0. The van der Waals surface area contributed by atoms with Crippen LogP contribution in [0.4, 0.5) is 0 Å². The Balaban J connectivity index is 1.57. The Bertz CT molecular complexity index is 968. The van der Waals surface area contributed by atoms with E-state index in [2.05, 4.69) is 59.7 Å². The van der Waals surface area contributed by atoms with E-state index in [1.165, 1.54) is 5.39 Å². The van der Waals surface area contributed by atoms with Crippen LogP contribution in [0.3, 0.4) is 0 Å². The smallest absolute Gasteiger partial charge is 0.242 e. The minimum Gasteiger partial charge on any atom is -0.341 e. The van der Waals surface area contributed by atoms with E-state index in [-0.39, 0.29) is 5.91 Å². The van der Waals surface area contributed by atoms with Crippen molar-refractivity contribution in [3.63, 3.8) is 0 Å². The van der Waals surface area contributed by atoms with Crippen LogP contribution in [0, 0.1) is 0 Å². The van der Waals surface area contributed by atoms with Gasteiger partial charge in [0.05, 0.1) is 0 Å². The predicted octanol–water partition coefficient (Wildman–Crippen LogP) is 4.64. The number of benzene rings is 2. The minimum atomic E-state index is 0.187. The van der Waals surface area contributed by atoms with Gasteiger partial charge >= 0.3 is 0 Å². The minimum absolute atomic E-state index is 0.187. The first-order chi connectivity index (χ1) is 14.0. The van der Waals surface area contributed by atoms with E-state index in [0.29, 0.717) is 18.6 Å². The summed E-state index contributed by atoms with van der Waals surface area (Å²) in [5.74, 6) is 0.187. The van der Waals surface area contributed by atoms with Crippen molar-refractivity contribution in [3.8, 4) is 11.3 Å². The summed E-state index contributed by atoms with van der Waals surface area (Å²) in [6.45, 7) is 7.01. The summed E-state index contributed by atoms with van der Waals surface area (Å²) in [6, 6.07) is 21.8. The van der Waals surface area contributed by atoms with Crippen molar-refractivity contribution in [2.45, 2.75) is 45.3 Å². The van der Waals surface area contributed by atoms with Crippen LogP contribution in [0.25, 0.3) is 22.2 Å². The fraction of sp³-hybridized carbons (Fsp3) is 0.400. The van der Waals surface area contributed by atoms with Crippen LogP contribution in [0.2, 0.25) is 0 Å². The molecular weight excluding hydrogens is 358 g/mol. The molecule has 1 aromatic heterocycles. The van der Waals surface area contributed by atoms with Crippen molar-refractivity contribution in [1.82, 2.24) is 14.4 Å². The molecule has 2 aromatic carbocycles. The number of carbonyl (C=O) groups is 1. The average Bonchev–Trinajstić information content (AvgIpc) is 3.12.